The molecule has 0 amide bonds. The average molecular weight is 352 g/mol. The van der Waals surface area contributed by atoms with Crippen molar-refractivity contribution in [2.24, 2.45) is 10.9 Å². The van der Waals surface area contributed by atoms with Gasteiger partial charge in [0.2, 0.25) is 0 Å². The van der Waals surface area contributed by atoms with Gasteiger partial charge in [-0.25, -0.2) is 4.99 Å². The molecule has 130 valence electrons. The maximum absolute atomic E-state index is 6.48. The van der Waals surface area contributed by atoms with Crippen molar-refractivity contribution in [2.75, 3.05) is 0 Å². The second kappa shape index (κ2) is 7.58. The largest absolute Gasteiger partial charge is 0.240 e. The number of hydrogen-bond donors (Lipinski definition) is 0. The standard InChI is InChI=1S/C23H26ClN/c1-5-15(3)22(25-23(24)16(4)6-2)18-11-12-21-19(14-18)13-17-9-7-8-10-20(17)21/h7-12,14,16H,5-6,13H2,1-4H3/b22-15-,25-23+. The van der Waals surface area contributed by atoms with Crippen LogP contribution < -0.4 is 0 Å². The van der Waals surface area contributed by atoms with Gasteiger partial charge in [-0.1, -0.05) is 68.8 Å². The van der Waals surface area contributed by atoms with Crippen LogP contribution in [0.2, 0.25) is 0 Å². The molecule has 1 nitrogen and oxygen atoms in total. The lowest BCUT2D eigenvalue weighted by atomic mass is 9.99. The molecular weight excluding hydrogens is 326 g/mol. The fourth-order valence-corrected chi connectivity index (χ4v) is 3.49. The molecule has 0 fully saturated rings. The summed E-state index contributed by atoms with van der Waals surface area (Å²) in [6.07, 6.45) is 2.97. The molecule has 0 aromatic heterocycles. The third-order valence-corrected chi connectivity index (χ3v) is 5.70. The van der Waals surface area contributed by atoms with Crippen LogP contribution in [-0.2, 0) is 6.42 Å². The summed E-state index contributed by atoms with van der Waals surface area (Å²) < 4.78 is 0. The van der Waals surface area contributed by atoms with Gasteiger partial charge in [0.1, 0.15) is 5.17 Å². The normalized spacial score (nSPS) is 15.5. The van der Waals surface area contributed by atoms with Crippen LogP contribution in [-0.4, -0.2) is 5.17 Å². The van der Waals surface area contributed by atoms with Crippen LogP contribution in [0.25, 0.3) is 16.8 Å². The van der Waals surface area contributed by atoms with Crippen LogP contribution in [0.15, 0.2) is 53.0 Å². The Kier molecular flexibility index (Phi) is 5.44. The molecule has 1 aliphatic carbocycles. The molecule has 0 heterocycles. The van der Waals surface area contributed by atoms with Crippen LogP contribution >= 0.6 is 11.6 Å². The summed E-state index contributed by atoms with van der Waals surface area (Å²) >= 11 is 6.48. The first-order chi connectivity index (χ1) is 12.0. The predicted octanol–water partition coefficient (Wildman–Crippen LogP) is 7.08. The number of nitrogens with zero attached hydrogens (tertiary/aromatic N) is 1. The Hall–Kier alpha value is -1.86. The Balaban J connectivity index is 2.04. The maximum atomic E-state index is 6.48. The van der Waals surface area contributed by atoms with Gasteiger partial charge in [0.25, 0.3) is 0 Å². The van der Waals surface area contributed by atoms with E-state index in [1.54, 1.807) is 0 Å². The van der Waals surface area contributed by atoms with Gasteiger partial charge < -0.3 is 0 Å². The second-order valence-corrected chi connectivity index (χ2v) is 7.32. The maximum Gasteiger partial charge on any atom is 0.109 e. The van der Waals surface area contributed by atoms with Gasteiger partial charge in [-0.05, 0) is 60.1 Å². The molecule has 0 saturated heterocycles. The molecule has 0 radical (unpaired) electrons. The minimum absolute atomic E-state index is 0.292. The first kappa shape index (κ1) is 17.9. The number of fused-ring (bicyclic) bond motifs is 3. The second-order valence-electron chi connectivity index (χ2n) is 6.93. The first-order valence-electron chi connectivity index (χ1n) is 9.20. The number of hydrogen-bond acceptors (Lipinski definition) is 1. The summed E-state index contributed by atoms with van der Waals surface area (Å²) in [5.41, 5.74) is 8.99. The van der Waals surface area contributed by atoms with Gasteiger partial charge in [-0.15, -0.1) is 0 Å². The topological polar surface area (TPSA) is 12.4 Å². The summed E-state index contributed by atoms with van der Waals surface area (Å²) in [6, 6.07) is 15.4. The summed E-state index contributed by atoms with van der Waals surface area (Å²) in [6.45, 7) is 8.60. The summed E-state index contributed by atoms with van der Waals surface area (Å²) in [5, 5.41) is 0.703. The SMILES string of the molecule is CC/C(C)=C(\N=C(\Cl)C(C)CC)c1ccc2c(c1)Cc1ccccc1-2. The van der Waals surface area contributed by atoms with Crippen molar-refractivity contribution in [3.05, 3.63) is 64.7 Å². The quantitative estimate of drug-likeness (QED) is 0.435. The number of allylic oxidation sites excluding steroid dienone is 1. The summed E-state index contributed by atoms with van der Waals surface area (Å²) in [7, 11) is 0. The Morgan fingerprint density at radius 2 is 1.80 bits per heavy atom. The van der Waals surface area contributed by atoms with Crippen molar-refractivity contribution < 1.29 is 0 Å². The fourth-order valence-electron chi connectivity index (χ4n) is 3.25. The van der Waals surface area contributed by atoms with Crippen molar-refractivity contribution >= 4 is 22.5 Å². The van der Waals surface area contributed by atoms with E-state index in [-0.39, 0.29) is 0 Å². The highest BCUT2D eigenvalue weighted by atomic mass is 35.5. The molecule has 0 N–H and O–H groups in total. The number of benzene rings is 2. The van der Waals surface area contributed by atoms with E-state index in [1.807, 2.05) is 0 Å². The van der Waals surface area contributed by atoms with E-state index in [9.17, 15) is 0 Å². The van der Waals surface area contributed by atoms with E-state index in [0.717, 1.165) is 25.0 Å². The Morgan fingerprint density at radius 1 is 1.08 bits per heavy atom. The van der Waals surface area contributed by atoms with Gasteiger partial charge in [0, 0.05) is 11.5 Å². The van der Waals surface area contributed by atoms with Gasteiger partial charge in [0.05, 0.1) is 5.70 Å². The smallest absolute Gasteiger partial charge is 0.109 e. The van der Waals surface area contributed by atoms with Crippen LogP contribution in [0.5, 0.6) is 0 Å². The molecule has 0 bridgehead atoms. The minimum atomic E-state index is 0.292. The Bertz CT molecular complexity index is 845. The van der Waals surface area contributed by atoms with Gasteiger partial charge in [-0.2, -0.15) is 0 Å². The lowest BCUT2D eigenvalue weighted by Gasteiger charge is -2.12. The molecule has 1 atom stereocenters. The van der Waals surface area contributed by atoms with Gasteiger partial charge in [-0.3, -0.25) is 0 Å². The zero-order valence-corrected chi connectivity index (χ0v) is 16.3. The average Bonchev–Trinajstić information content (AvgIpc) is 3.02. The van der Waals surface area contributed by atoms with Crippen LogP contribution in [0, 0.1) is 5.92 Å². The van der Waals surface area contributed by atoms with Crippen molar-refractivity contribution in [1.82, 2.24) is 0 Å². The molecule has 2 heteroatoms. The van der Waals surface area contributed by atoms with E-state index >= 15 is 0 Å². The molecule has 2 aromatic rings. The molecule has 3 rings (SSSR count). The Morgan fingerprint density at radius 3 is 2.52 bits per heavy atom. The predicted molar refractivity (Wildman–Crippen MR) is 110 cm³/mol. The third kappa shape index (κ3) is 3.57. The lowest BCUT2D eigenvalue weighted by molar-refractivity contribution is 0.749. The van der Waals surface area contributed by atoms with Crippen LogP contribution in [0.1, 0.15) is 57.2 Å². The molecule has 25 heavy (non-hydrogen) atoms. The number of rotatable bonds is 5. The summed E-state index contributed by atoms with van der Waals surface area (Å²) in [4.78, 5) is 4.82. The molecule has 0 saturated carbocycles. The van der Waals surface area contributed by atoms with Crippen molar-refractivity contribution in [3.63, 3.8) is 0 Å². The summed E-state index contributed by atoms with van der Waals surface area (Å²) in [5.74, 6) is 0.292. The number of aliphatic imine (C=N–C) groups is 1. The third-order valence-electron chi connectivity index (χ3n) is 5.24. The van der Waals surface area contributed by atoms with Crippen LogP contribution in [0.4, 0.5) is 0 Å². The fraction of sp³-hybridized carbons (Fsp3) is 0.348. The highest BCUT2D eigenvalue weighted by molar-refractivity contribution is 6.66. The monoisotopic (exact) mass is 351 g/mol. The molecule has 0 spiro atoms. The van der Waals surface area contributed by atoms with Crippen molar-refractivity contribution in [2.45, 2.75) is 47.0 Å². The van der Waals surface area contributed by atoms with Crippen molar-refractivity contribution in [1.29, 1.82) is 0 Å². The van der Waals surface area contributed by atoms with E-state index < -0.39 is 0 Å². The van der Waals surface area contributed by atoms with E-state index in [4.69, 9.17) is 16.6 Å². The zero-order valence-electron chi connectivity index (χ0n) is 15.6. The van der Waals surface area contributed by atoms with Crippen molar-refractivity contribution in [3.8, 4) is 11.1 Å². The minimum Gasteiger partial charge on any atom is -0.240 e. The van der Waals surface area contributed by atoms with Crippen LogP contribution in [0.3, 0.4) is 0 Å². The first-order valence-corrected chi connectivity index (χ1v) is 9.58. The molecule has 2 aromatic carbocycles. The highest BCUT2D eigenvalue weighted by Gasteiger charge is 2.19. The van der Waals surface area contributed by atoms with Gasteiger partial charge >= 0.3 is 0 Å². The molecular formula is C23H26ClN. The number of halogens is 1. The van der Waals surface area contributed by atoms with Gasteiger partial charge in [0.15, 0.2) is 0 Å². The molecule has 1 aliphatic rings. The highest BCUT2D eigenvalue weighted by Crippen LogP contribution is 2.38. The molecule has 1 unspecified atom stereocenters. The van der Waals surface area contributed by atoms with E-state index in [0.29, 0.717) is 11.1 Å². The van der Waals surface area contributed by atoms with E-state index in [1.165, 1.54) is 33.4 Å². The Labute approximate surface area is 156 Å². The zero-order chi connectivity index (χ0) is 18.0. The molecule has 0 aliphatic heterocycles. The van der Waals surface area contributed by atoms with E-state index in [2.05, 4.69) is 70.2 Å². The lowest BCUT2D eigenvalue weighted by Crippen LogP contribution is -2.03.